The lowest BCUT2D eigenvalue weighted by Gasteiger charge is -2.28. The van der Waals surface area contributed by atoms with Crippen molar-refractivity contribution in [1.82, 2.24) is 34.5 Å². The molecule has 1 aliphatic rings. The predicted molar refractivity (Wildman–Crippen MR) is 181 cm³/mol. The molecule has 5 rings (SSSR count). The number of fused-ring (bicyclic) bond motifs is 1. The second-order valence-electron chi connectivity index (χ2n) is 14.1. The van der Waals surface area contributed by atoms with E-state index in [-0.39, 0.29) is 34.3 Å². The summed E-state index contributed by atoms with van der Waals surface area (Å²) >= 11 is 1.30. The van der Waals surface area contributed by atoms with Crippen LogP contribution in [0.15, 0.2) is 54.6 Å². The fourth-order valence-electron chi connectivity index (χ4n) is 5.43. The van der Waals surface area contributed by atoms with Gasteiger partial charge in [0, 0.05) is 25.7 Å². The standard InChI is InChI=1S/C34H43N9O2S/c1-22(34(5,6)7)37-18-23-10-11-27-26(15-23)39-32(40-30(44)28-12-13-29(46-28)43-21-36-20-38-43)42(27)19-25-9-8-14-41(25)31(45)24(17-35)16-33(2,3)4/h10-13,15-16,20-22,25,37H,8-9,14,18-19H2,1-7H3,(H,39,40,44). The van der Waals surface area contributed by atoms with E-state index < -0.39 is 0 Å². The zero-order valence-electron chi connectivity index (χ0n) is 27.7. The minimum Gasteiger partial charge on any atom is -0.333 e. The smallest absolute Gasteiger partial charge is 0.268 e. The molecule has 46 heavy (non-hydrogen) atoms. The normalized spacial score (nSPS) is 16.5. The van der Waals surface area contributed by atoms with E-state index in [1.807, 2.05) is 37.5 Å². The van der Waals surface area contributed by atoms with E-state index in [4.69, 9.17) is 4.98 Å². The zero-order chi connectivity index (χ0) is 33.2. The van der Waals surface area contributed by atoms with Gasteiger partial charge in [-0.15, -0.1) is 11.3 Å². The van der Waals surface area contributed by atoms with E-state index in [0.717, 1.165) is 34.4 Å². The van der Waals surface area contributed by atoms with Crippen molar-refractivity contribution < 1.29 is 9.59 Å². The summed E-state index contributed by atoms with van der Waals surface area (Å²) in [5, 5.41) is 21.4. The first-order chi connectivity index (χ1) is 21.7. The molecule has 2 atom stereocenters. The number of aromatic nitrogens is 5. The molecule has 0 aliphatic carbocycles. The summed E-state index contributed by atoms with van der Waals surface area (Å²) in [6.07, 6.45) is 6.40. The third-order valence-corrected chi connectivity index (χ3v) is 9.44. The molecule has 242 valence electrons. The molecule has 0 saturated carbocycles. The van der Waals surface area contributed by atoms with Gasteiger partial charge in [-0.2, -0.15) is 10.4 Å². The number of nitriles is 1. The van der Waals surface area contributed by atoms with Crippen molar-refractivity contribution in [3.05, 3.63) is 65.1 Å². The number of nitrogens with one attached hydrogen (secondary N) is 2. The molecule has 1 saturated heterocycles. The molecule has 11 nitrogen and oxygen atoms in total. The van der Waals surface area contributed by atoms with Crippen LogP contribution in [-0.4, -0.2) is 59.7 Å². The number of hydrogen-bond acceptors (Lipinski definition) is 8. The maximum atomic E-state index is 13.6. The van der Waals surface area contributed by atoms with Crippen molar-refractivity contribution >= 4 is 40.1 Å². The van der Waals surface area contributed by atoms with E-state index in [1.165, 1.54) is 17.7 Å². The lowest BCUT2D eigenvalue weighted by Crippen LogP contribution is -2.39. The molecule has 1 fully saturated rings. The minimum absolute atomic E-state index is 0.122. The lowest BCUT2D eigenvalue weighted by molar-refractivity contribution is -0.127. The number of likely N-dealkylation sites (tertiary alicyclic amines) is 1. The van der Waals surface area contributed by atoms with Crippen LogP contribution in [-0.2, 0) is 17.9 Å². The third kappa shape index (κ3) is 7.54. The number of imidazole rings is 1. The molecular formula is C34H43N9O2S. The number of carbonyl (C=O) groups excluding carboxylic acids is 2. The molecule has 3 aromatic heterocycles. The number of nitrogens with zero attached hydrogens (tertiary/aromatic N) is 7. The number of hydrogen-bond donors (Lipinski definition) is 2. The molecule has 0 radical (unpaired) electrons. The summed E-state index contributed by atoms with van der Waals surface area (Å²) in [4.78, 5) is 38.3. The Bertz CT molecular complexity index is 1780. The second-order valence-corrected chi connectivity index (χ2v) is 15.2. The van der Waals surface area contributed by atoms with Gasteiger partial charge in [-0.25, -0.2) is 14.6 Å². The fourth-order valence-corrected chi connectivity index (χ4v) is 6.26. The Morgan fingerprint density at radius 1 is 1.17 bits per heavy atom. The molecule has 1 aromatic carbocycles. The van der Waals surface area contributed by atoms with Gasteiger partial charge in [0.25, 0.3) is 11.8 Å². The summed E-state index contributed by atoms with van der Waals surface area (Å²) in [5.41, 5.74) is 2.69. The van der Waals surface area contributed by atoms with Crippen LogP contribution in [0.4, 0.5) is 5.95 Å². The molecule has 0 spiro atoms. The van der Waals surface area contributed by atoms with Crippen LogP contribution in [0, 0.1) is 22.2 Å². The Morgan fingerprint density at radius 3 is 2.63 bits per heavy atom. The first-order valence-electron chi connectivity index (χ1n) is 15.7. The van der Waals surface area contributed by atoms with Gasteiger partial charge in [0.2, 0.25) is 5.95 Å². The minimum atomic E-state index is -0.305. The molecule has 12 heteroatoms. The van der Waals surface area contributed by atoms with Crippen molar-refractivity contribution in [1.29, 1.82) is 5.26 Å². The van der Waals surface area contributed by atoms with Crippen molar-refractivity contribution in [3.8, 4) is 11.1 Å². The van der Waals surface area contributed by atoms with Crippen LogP contribution in [0.3, 0.4) is 0 Å². The van der Waals surface area contributed by atoms with Gasteiger partial charge < -0.3 is 14.8 Å². The third-order valence-electron chi connectivity index (χ3n) is 8.37. The number of benzene rings is 1. The monoisotopic (exact) mass is 641 g/mol. The molecule has 1 aliphatic heterocycles. The highest BCUT2D eigenvalue weighted by Crippen LogP contribution is 2.29. The first kappa shape index (κ1) is 33.0. The number of carbonyl (C=O) groups is 2. The van der Waals surface area contributed by atoms with Crippen molar-refractivity contribution in [2.45, 2.75) is 86.5 Å². The molecule has 2 amide bonds. The average Bonchev–Trinajstić information content (AvgIpc) is 3.80. The Labute approximate surface area is 274 Å². The van der Waals surface area contributed by atoms with Crippen LogP contribution in [0.2, 0.25) is 0 Å². The van der Waals surface area contributed by atoms with Gasteiger partial charge in [0.05, 0.1) is 22.0 Å². The highest BCUT2D eigenvalue weighted by atomic mass is 32.1. The fraction of sp³-hybridized carbons (Fsp3) is 0.471. The van der Waals surface area contributed by atoms with E-state index in [1.54, 1.807) is 28.1 Å². The molecular weight excluding hydrogens is 599 g/mol. The van der Waals surface area contributed by atoms with Gasteiger partial charge in [0.1, 0.15) is 29.3 Å². The molecule has 2 N–H and O–H groups in total. The number of amides is 2. The quantitative estimate of drug-likeness (QED) is 0.171. The van der Waals surface area contributed by atoms with Gasteiger partial charge in [-0.3, -0.25) is 14.9 Å². The van der Waals surface area contributed by atoms with Gasteiger partial charge >= 0.3 is 0 Å². The van der Waals surface area contributed by atoms with Gasteiger partial charge in [0.15, 0.2) is 0 Å². The van der Waals surface area contributed by atoms with E-state index in [2.05, 4.69) is 66.6 Å². The van der Waals surface area contributed by atoms with E-state index >= 15 is 0 Å². The average molecular weight is 642 g/mol. The van der Waals surface area contributed by atoms with Crippen LogP contribution in [0.1, 0.15) is 76.5 Å². The maximum Gasteiger partial charge on any atom is 0.268 e. The van der Waals surface area contributed by atoms with E-state index in [0.29, 0.717) is 36.5 Å². The number of rotatable bonds is 9. The summed E-state index contributed by atoms with van der Waals surface area (Å²) in [5.74, 6) is -0.127. The zero-order valence-corrected chi connectivity index (χ0v) is 28.5. The van der Waals surface area contributed by atoms with Crippen molar-refractivity contribution in [3.63, 3.8) is 0 Å². The Kier molecular flexibility index (Phi) is 9.47. The summed E-state index contributed by atoms with van der Waals surface area (Å²) in [6.45, 7) is 16.4. The van der Waals surface area contributed by atoms with Crippen LogP contribution in [0.5, 0.6) is 0 Å². The van der Waals surface area contributed by atoms with Gasteiger partial charge in [-0.05, 0) is 60.4 Å². The first-order valence-corrected chi connectivity index (χ1v) is 16.5. The molecule has 0 bridgehead atoms. The lowest BCUT2D eigenvalue weighted by atomic mass is 9.88. The van der Waals surface area contributed by atoms with E-state index in [9.17, 15) is 14.9 Å². The summed E-state index contributed by atoms with van der Waals surface area (Å²) in [7, 11) is 0. The second kappa shape index (κ2) is 13.2. The number of allylic oxidation sites excluding steroid dienone is 1. The number of anilines is 1. The number of thiophene rings is 1. The molecule has 2 unspecified atom stereocenters. The Balaban J connectivity index is 1.45. The highest BCUT2D eigenvalue weighted by molar-refractivity contribution is 7.16. The van der Waals surface area contributed by atoms with Crippen LogP contribution < -0.4 is 10.6 Å². The Hall–Kier alpha value is -4.34. The van der Waals surface area contributed by atoms with Crippen molar-refractivity contribution in [2.24, 2.45) is 10.8 Å². The molecule has 4 heterocycles. The van der Waals surface area contributed by atoms with Gasteiger partial charge in [-0.1, -0.05) is 53.7 Å². The summed E-state index contributed by atoms with van der Waals surface area (Å²) in [6, 6.07) is 12.0. The van der Waals surface area contributed by atoms with Crippen LogP contribution in [0.25, 0.3) is 16.0 Å². The largest absolute Gasteiger partial charge is 0.333 e. The maximum absolute atomic E-state index is 13.6. The SMILES string of the molecule is CC(NCc1ccc2c(c1)nc(NC(=O)c1ccc(-n3cncn3)s1)n2CC1CCCN1C(=O)C(C#N)=CC(C)(C)C)C(C)(C)C. The molecule has 4 aromatic rings. The summed E-state index contributed by atoms with van der Waals surface area (Å²) < 4.78 is 3.60. The Morgan fingerprint density at radius 2 is 1.96 bits per heavy atom. The van der Waals surface area contributed by atoms with Crippen molar-refractivity contribution in [2.75, 3.05) is 11.9 Å². The highest BCUT2D eigenvalue weighted by Gasteiger charge is 2.33. The van der Waals surface area contributed by atoms with Crippen LogP contribution >= 0.6 is 11.3 Å². The topological polar surface area (TPSA) is 134 Å². The predicted octanol–water partition coefficient (Wildman–Crippen LogP) is 5.94.